The molecule has 92 valence electrons. The number of rotatable bonds is 4. The third kappa shape index (κ3) is 3.01. The molecule has 1 saturated carbocycles. The van der Waals surface area contributed by atoms with Gasteiger partial charge in [-0.3, -0.25) is 4.79 Å². The molecule has 1 amide bonds. The molecule has 1 aliphatic carbocycles. The minimum absolute atomic E-state index is 0.0404. The van der Waals surface area contributed by atoms with Crippen LogP contribution in [0, 0.1) is 6.92 Å². The lowest BCUT2D eigenvalue weighted by molar-refractivity contribution is -0.121. The van der Waals surface area contributed by atoms with Crippen molar-refractivity contribution >= 4 is 17.5 Å². The molecule has 0 atom stereocenters. The summed E-state index contributed by atoms with van der Waals surface area (Å²) in [6, 6.07) is 8.51. The van der Waals surface area contributed by atoms with Crippen molar-refractivity contribution in [2.75, 3.05) is 5.88 Å². The molecular weight excluding hydrogens is 234 g/mol. The standard InChI is InChI=1S/C14H18ClNO/c1-11-3-5-12(6-4-11)9-14(7-2-8-14)16-13(17)10-15/h3-6H,2,7-10H2,1H3,(H,16,17). The lowest BCUT2D eigenvalue weighted by Gasteiger charge is -2.42. The second kappa shape index (κ2) is 5.09. The highest BCUT2D eigenvalue weighted by Gasteiger charge is 2.37. The Morgan fingerprint density at radius 1 is 1.35 bits per heavy atom. The molecule has 0 spiro atoms. The zero-order chi connectivity index (χ0) is 12.3. The first-order chi connectivity index (χ1) is 8.13. The minimum Gasteiger partial charge on any atom is -0.349 e. The van der Waals surface area contributed by atoms with Crippen LogP contribution in [0.15, 0.2) is 24.3 Å². The number of amides is 1. The summed E-state index contributed by atoms with van der Waals surface area (Å²) >= 11 is 5.55. The van der Waals surface area contributed by atoms with Crippen LogP contribution < -0.4 is 5.32 Å². The zero-order valence-corrected chi connectivity index (χ0v) is 10.9. The Balaban J connectivity index is 2.04. The molecule has 1 aromatic carbocycles. The molecule has 0 saturated heterocycles. The smallest absolute Gasteiger partial charge is 0.235 e. The summed E-state index contributed by atoms with van der Waals surface area (Å²) < 4.78 is 0. The van der Waals surface area contributed by atoms with E-state index in [9.17, 15) is 4.79 Å². The summed E-state index contributed by atoms with van der Waals surface area (Å²) in [6.07, 6.45) is 4.22. The van der Waals surface area contributed by atoms with Crippen LogP contribution in [0.1, 0.15) is 30.4 Å². The number of carbonyl (C=O) groups excluding carboxylic acids is 1. The number of aryl methyl sites for hydroxylation is 1. The Kier molecular flexibility index (Phi) is 3.72. The van der Waals surface area contributed by atoms with Gasteiger partial charge in [-0.2, -0.15) is 0 Å². The van der Waals surface area contributed by atoms with Crippen LogP contribution in [0.2, 0.25) is 0 Å². The van der Waals surface area contributed by atoms with Gasteiger partial charge in [-0.05, 0) is 38.2 Å². The van der Waals surface area contributed by atoms with E-state index in [0.29, 0.717) is 0 Å². The Hall–Kier alpha value is -1.02. The van der Waals surface area contributed by atoms with E-state index in [4.69, 9.17) is 11.6 Å². The molecule has 0 aromatic heterocycles. The van der Waals surface area contributed by atoms with Crippen LogP contribution in [0.4, 0.5) is 0 Å². The van der Waals surface area contributed by atoms with Gasteiger partial charge in [-0.1, -0.05) is 29.8 Å². The predicted molar refractivity (Wildman–Crippen MR) is 70.3 cm³/mol. The molecule has 0 unspecified atom stereocenters. The predicted octanol–water partition coefficient (Wildman–Crippen LogP) is 2.82. The molecule has 0 aliphatic heterocycles. The van der Waals surface area contributed by atoms with Crippen molar-refractivity contribution in [3.63, 3.8) is 0 Å². The van der Waals surface area contributed by atoms with E-state index in [0.717, 1.165) is 19.3 Å². The number of nitrogens with one attached hydrogen (secondary N) is 1. The van der Waals surface area contributed by atoms with Crippen LogP contribution >= 0.6 is 11.6 Å². The van der Waals surface area contributed by atoms with Crippen molar-refractivity contribution in [2.45, 2.75) is 38.1 Å². The third-order valence-corrected chi connectivity index (χ3v) is 3.74. The van der Waals surface area contributed by atoms with E-state index >= 15 is 0 Å². The van der Waals surface area contributed by atoms with Crippen LogP contribution in [-0.2, 0) is 11.2 Å². The Morgan fingerprint density at radius 2 is 2.00 bits per heavy atom. The lowest BCUT2D eigenvalue weighted by atomic mass is 9.72. The molecule has 1 aliphatic rings. The summed E-state index contributed by atoms with van der Waals surface area (Å²) in [5.74, 6) is -0.00573. The zero-order valence-electron chi connectivity index (χ0n) is 10.1. The van der Waals surface area contributed by atoms with E-state index in [1.54, 1.807) is 0 Å². The Labute approximate surface area is 107 Å². The maximum Gasteiger partial charge on any atom is 0.235 e. The highest BCUT2D eigenvalue weighted by atomic mass is 35.5. The van der Waals surface area contributed by atoms with Gasteiger partial charge in [0.2, 0.25) is 5.91 Å². The number of carbonyl (C=O) groups is 1. The molecule has 0 heterocycles. The van der Waals surface area contributed by atoms with Crippen LogP contribution in [0.25, 0.3) is 0 Å². The first-order valence-electron chi connectivity index (χ1n) is 6.06. The number of benzene rings is 1. The fraction of sp³-hybridized carbons (Fsp3) is 0.500. The van der Waals surface area contributed by atoms with Gasteiger partial charge in [-0.15, -0.1) is 11.6 Å². The maximum atomic E-state index is 11.4. The van der Waals surface area contributed by atoms with Crippen molar-refractivity contribution in [1.82, 2.24) is 5.32 Å². The first kappa shape index (κ1) is 12.4. The quantitative estimate of drug-likeness (QED) is 0.820. The average Bonchev–Trinajstić information content (AvgIpc) is 2.29. The molecule has 2 nitrogen and oxygen atoms in total. The SMILES string of the molecule is Cc1ccc(CC2(NC(=O)CCl)CCC2)cc1. The van der Waals surface area contributed by atoms with Gasteiger partial charge in [0.1, 0.15) is 5.88 Å². The molecule has 0 radical (unpaired) electrons. The summed E-state index contributed by atoms with van der Waals surface area (Å²) in [6.45, 7) is 2.08. The second-order valence-corrected chi connectivity index (χ2v) is 5.25. The van der Waals surface area contributed by atoms with E-state index < -0.39 is 0 Å². The average molecular weight is 252 g/mol. The minimum atomic E-state index is -0.0570. The van der Waals surface area contributed by atoms with Gasteiger partial charge in [0, 0.05) is 5.54 Å². The van der Waals surface area contributed by atoms with Gasteiger partial charge < -0.3 is 5.32 Å². The van der Waals surface area contributed by atoms with E-state index in [1.165, 1.54) is 17.5 Å². The van der Waals surface area contributed by atoms with Crippen LogP contribution in [-0.4, -0.2) is 17.3 Å². The number of alkyl halides is 1. The van der Waals surface area contributed by atoms with E-state index in [1.807, 2.05) is 0 Å². The number of hydrogen-bond acceptors (Lipinski definition) is 1. The Morgan fingerprint density at radius 3 is 2.47 bits per heavy atom. The molecule has 1 N–H and O–H groups in total. The molecule has 17 heavy (non-hydrogen) atoms. The van der Waals surface area contributed by atoms with Gasteiger partial charge in [0.25, 0.3) is 0 Å². The molecule has 2 rings (SSSR count). The van der Waals surface area contributed by atoms with Crippen molar-refractivity contribution in [1.29, 1.82) is 0 Å². The fourth-order valence-corrected chi connectivity index (χ4v) is 2.44. The first-order valence-corrected chi connectivity index (χ1v) is 6.60. The van der Waals surface area contributed by atoms with Crippen molar-refractivity contribution in [2.24, 2.45) is 0 Å². The second-order valence-electron chi connectivity index (χ2n) is 4.98. The number of hydrogen-bond donors (Lipinski definition) is 1. The third-order valence-electron chi connectivity index (χ3n) is 3.50. The van der Waals surface area contributed by atoms with Crippen molar-refractivity contribution < 1.29 is 4.79 Å². The maximum absolute atomic E-state index is 11.4. The number of halogens is 1. The van der Waals surface area contributed by atoms with E-state index in [2.05, 4.69) is 36.5 Å². The normalized spacial score (nSPS) is 17.3. The topological polar surface area (TPSA) is 29.1 Å². The highest BCUT2D eigenvalue weighted by molar-refractivity contribution is 6.27. The fourth-order valence-electron chi connectivity index (χ4n) is 2.38. The van der Waals surface area contributed by atoms with Gasteiger partial charge in [0.05, 0.1) is 0 Å². The molecule has 0 bridgehead atoms. The van der Waals surface area contributed by atoms with Crippen molar-refractivity contribution in [3.05, 3.63) is 35.4 Å². The van der Waals surface area contributed by atoms with Crippen LogP contribution in [0.5, 0.6) is 0 Å². The lowest BCUT2D eigenvalue weighted by Crippen LogP contribution is -2.55. The van der Waals surface area contributed by atoms with Gasteiger partial charge in [0.15, 0.2) is 0 Å². The monoisotopic (exact) mass is 251 g/mol. The molecule has 1 fully saturated rings. The largest absolute Gasteiger partial charge is 0.349 e. The van der Waals surface area contributed by atoms with Crippen LogP contribution in [0.3, 0.4) is 0 Å². The Bertz CT molecular complexity index is 395. The summed E-state index contributed by atoms with van der Waals surface area (Å²) in [4.78, 5) is 11.4. The molecular formula is C14H18ClNO. The molecule has 1 aromatic rings. The summed E-state index contributed by atoms with van der Waals surface area (Å²) in [5, 5.41) is 3.07. The van der Waals surface area contributed by atoms with Gasteiger partial charge in [-0.25, -0.2) is 0 Å². The molecule has 3 heteroatoms. The summed E-state index contributed by atoms with van der Waals surface area (Å²) in [5.41, 5.74) is 2.51. The van der Waals surface area contributed by atoms with E-state index in [-0.39, 0.29) is 17.3 Å². The van der Waals surface area contributed by atoms with Crippen molar-refractivity contribution in [3.8, 4) is 0 Å². The highest BCUT2D eigenvalue weighted by Crippen LogP contribution is 2.35. The van der Waals surface area contributed by atoms with Gasteiger partial charge >= 0.3 is 0 Å². The summed E-state index contributed by atoms with van der Waals surface area (Å²) in [7, 11) is 0.